The van der Waals surface area contributed by atoms with E-state index in [1.165, 1.54) is 6.08 Å². The van der Waals surface area contributed by atoms with E-state index >= 15 is 0 Å². The molecule has 1 fully saturated rings. The zero-order valence-electron chi connectivity index (χ0n) is 19.7. The molecule has 0 radical (unpaired) electrons. The number of carbonyl (C=O) groups excluding carboxylic acids is 2. The summed E-state index contributed by atoms with van der Waals surface area (Å²) in [7, 11) is 0. The van der Waals surface area contributed by atoms with Crippen molar-refractivity contribution >= 4 is 29.4 Å². The van der Waals surface area contributed by atoms with Crippen LogP contribution in [-0.2, 0) is 14.3 Å². The molecule has 0 saturated heterocycles. The van der Waals surface area contributed by atoms with Crippen LogP contribution in [0.5, 0.6) is 0 Å². The van der Waals surface area contributed by atoms with Crippen molar-refractivity contribution in [2.75, 3.05) is 18.1 Å². The number of esters is 2. The fourth-order valence-electron chi connectivity index (χ4n) is 4.17. The number of hydrogen-bond acceptors (Lipinski definition) is 6. The Bertz CT molecular complexity index is 1000. The lowest BCUT2D eigenvalue weighted by Gasteiger charge is -2.27. The number of nitrogen functional groups attached to an aromatic ring is 2. The summed E-state index contributed by atoms with van der Waals surface area (Å²) in [4.78, 5) is 24.6. The second kappa shape index (κ2) is 12.1. The molecule has 4 N–H and O–H groups in total. The van der Waals surface area contributed by atoms with Crippen LogP contribution in [0.15, 0.2) is 61.2 Å². The highest BCUT2D eigenvalue weighted by atomic mass is 16.5. The SMILES string of the molecule is C=CCC1CCC(OC(=O)c2ccc(C=CC(=O)OCC(C)c3cc(N)cc(N)c3)cc2)CC1. The summed E-state index contributed by atoms with van der Waals surface area (Å²) in [6.45, 7) is 5.96. The van der Waals surface area contributed by atoms with Crippen molar-refractivity contribution in [3.8, 4) is 0 Å². The van der Waals surface area contributed by atoms with Crippen molar-refractivity contribution in [3.05, 3.63) is 77.9 Å². The number of rotatable bonds is 9. The van der Waals surface area contributed by atoms with Crippen molar-refractivity contribution < 1.29 is 19.1 Å². The number of carbonyl (C=O) groups is 2. The standard InChI is InChI=1S/C28H34N2O4/c1-3-4-20-7-12-26(13-8-20)34-28(32)22-10-5-21(6-11-22)9-14-27(31)33-18-19(2)23-15-24(29)17-25(30)16-23/h3,5-6,9-11,14-17,19-20,26H,1,4,7-8,12-13,18,29-30H2,2H3. The monoisotopic (exact) mass is 462 g/mol. The third-order valence-electron chi connectivity index (χ3n) is 6.17. The van der Waals surface area contributed by atoms with Gasteiger partial charge in [0.2, 0.25) is 0 Å². The van der Waals surface area contributed by atoms with Crippen LogP contribution >= 0.6 is 0 Å². The summed E-state index contributed by atoms with van der Waals surface area (Å²) < 4.78 is 11.0. The second-order valence-electron chi connectivity index (χ2n) is 8.99. The molecule has 1 aliphatic rings. The van der Waals surface area contributed by atoms with Gasteiger partial charge in [0.25, 0.3) is 0 Å². The Hall–Kier alpha value is -3.54. The molecule has 0 aliphatic heterocycles. The topological polar surface area (TPSA) is 105 Å². The molecule has 0 amide bonds. The fourth-order valence-corrected chi connectivity index (χ4v) is 4.17. The van der Waals surface area contributed by atoms with Gasteiger partial charge in [0.05, 0.1) is 12.2 Å². The molecule has 2 aromatic carbocycles. The molecule has 34 heavy (non-hydrogen) atoms. The second-order valence-corrected chi connectivity index (χ2v) is 8.99. The lowest BCUT2D eigenvalue weighted by atomic mass is 9.85. The van der Waals surface area contributed by atoms with Crippen molar-refractivity contribution in [2.45, 2.75) is 51.0 Å². The van der Waals surface area contributed by atoms with Gasteiger partial charge in [0, 0.05) is 23.4 Å². The normalized spacial score (nSPS) is 18.9. The Balaban J connectivity index is 1.45. The molecule has 1 aliphatic carbocycles. The highest BCUT2D eigenvalue weighted by Gasteiger charge is 2.23. The number of ether oxygens (including phenoxy) is 2. The van der Waals surface area contributed by atoms with Gasteiger partial charge in [-0.1, -0.05) is 25.1 Å². The summed E-state index contributed by atoms with van der Waals surface area (Å²) in [5, 5.41) is 0. The minimum absolute atomic E-state index is 0.0194. The molecule has 0 spiro atoms. The predicted octanol–water partition coefficient (Wildman–Crippen LogP) is 5.50. The molecular formula is C28H34N2O4. The van der Waals surface area contributed by atoms with E-state index in [-0.39, 0.29) is 24.6 Å². The van der Waals surface area contributed by atoms with Gasteiger partial charge in [0.1, 0.15) is 6.10 Å². The molecule has 3 rings (SSSR count). The molecule has 0 aromatic heterocycles. The van der Waals surface area contributed by atoms with Crippen molar-refractivity contribution in [3.63, 3.8) is 0 Å². The summed E-state index contributed by atoms with van der Waals surface area (Å²) in [6, 6.07) is 12.3. The maximum atomic E-state index is 12.5. The maximum absolute atomic E-state index is 12.5. The lowest BCUT2D eigenvalue weighted by Crippen LogP contribution is -2.24. The van der Waals surface area contributed by atoms with E-state index in [1.807, 2.05) is 25.1 Å². The predicted molar refractivity (Wildman–Crippen MR) is 136 cm³/mol. The van der Waals surface area contributed by atoms with Crippen LogP contribution in [-0.4, -0.2) is 24.6 Å². The Morgan fingerprint density at radius 3 is 2.32 bits per heavy atom. The van der Waals surface area contributed by atoms with Gasteiger partial charge >= 0.3 is 11.9 Å². The zero-order chi connectivity index (χ0) is 24.5. The average Bonchev–Trinajstić information content (AvgIpc) is 2.82. The van der Waals surface area contributed by atoms with Crippen LogP contribution in [0.1, 0.15) is 66.4 Å². The Morgan fingerprint density at radius 2 is 1.71 bits per heavy atom. The van der Waals surface area contributed by atoms with E-state index in [0.717, 1.165) is 43.2 Å². The van der Waals surface area contributed by atoms with Crippen molar-refractivity contribution in [1.29, 1.82) is 0 Å². The number of allylic oxidation sites excluding steroid dienone is 1. The first kappa shape index (κ1) is 25.1. The summed E-state index contributed by atoms with van der Waals surface area (Å²) >= 11 is 0. The van der Waals surface area contributed by atoms with E-state index in [4.69, 9.17) is 20.9 Å². The van der Waals surface area contributed by atoms with E-state index in [2.05, 4.69) is 6.58 Å². The smallest absolute Gasteiger partial charge is 0.338 e. The zero-order valence-corrected chi connectivity index (χ0v) is 19.7. The molecule has 0 bridgehead atoms. The molecule has 6 nitrogen and oxygen atoms in total. The summed E-state index contributed by atoms with van der Waals surface area (Å²) in [6.07, 6.45) is 9.93. The van der Waals surface area contributed by atoms with Crippen molar-refractivity contribution in [1.82, 2.24) is 0 Å². The number of hydrogen-bond donors (Lipinski definition) is 2. The van der Waals surface area contributed by atoms with Gasteiger partial charge < -0.3 is 20.9 Å². The molecule has 1 unspecified atom stereocenters. The molecule has 180 valence electrons. The van der Waals surface area contributed by atoms with E-state index in [1.54, 1.807) is 36.4 Å². The number of benzene rings is 2. The highest BCUT2D eigenvalue weighted by molar-refractivity contribution is 5.90. The quantitative estimate of drug-likeness (QED) is 0.221. The van der Waals surface area contributed by atoms with Gasteiger partial charge in [-0.3, -0.25) is 0 Å². The van der Waals surface area contributed by atoms with Crippen LogP contribution in [0.25, 0.3) is 6.08 Å². The van der Waals surface area contributed by atoms with Gasteiger partial charge in [-0.15, -0.1) is 6.58 Å². The van der Waals surface area contributed by atoms with E-state index in [9.17, 15) is 9.59 Å². The first-order valence-corrected chi connectivity index (χ1v) is 11.8. The van der Waals surface area contributed by atoms with E-state index in [0.29, 0.717) is 22.9 Å². The minimum Gasteiger partial charge on any atom is -0.462 e. The van der Waals surface area contributed by atoms with Crippen LogP contribution in [0.3, 0.4) is 0 Å². The van der Waals surface area contributed by atoms with Crippen LogP contribution < -0.4 is 11.5 Å². The van der Waals surface area contributed by atoms with Gasteiger partial charge in [-0.2, -0.15) is 0 Å². The van der Waals surface area contributed by atoms with E-state index < -0.39 is 5.97 Å². The average molecular weight is 463 g/mol. The molecule has 6 heteroatoms. The first-order chi connectivity index (χ1) is 16.3. The van der Waals surface area contributed by atoms with Crippen LogP contribution in [0.4, 0.5) is 11.4 Å². The maximum Gasteiger partial charge on any atom is 0.338 e. The molecule has 0 heterocycles. The van der Waals surface area contributed by atoms with Crippen LogP contribution in [0, 0.1) is 5.92 Å². The fraction of sp³-hybridized carbons (Fsp3) is 0.357. The Kier molecular flexibility index (Phi) is 8.91. The molecular weight excluding hydrogens is 428 g/mol. The highest BCUT2D eigenvalue weighted by Crippen LogP contribution is 2.29. The third kappa shape index (κ3) is 7.51. The molecule has 1 atom stereocenters. The molecule has 2 aromatic rings. The van der Waals surface area contributed by atoms with Gasteiger partial charge in [-0.05, 0) is 85.6 Å². The van der Waals surface area contributed by atoms with Crippen LogP contribution in [0.2, 0.25) is 0 Å². The third-order valence-corrected chi connectivity index (χ3v) is 6.17. The Morgan fingerprint density at radius 1 is 1.06 bits per heavy atom. The summed E-state index contributed by atoms with van der Waals surface area (Å²) in [5.74, 6) is -0.132. The Labute approximate surface area is 201 Å². The largest absolute Gasteiger partial charge is 0.462 e. The first-order valence-electron chi connectivity index (χ1n) is 11.8. The number of nitrogens with two attached hydrogens (primary N) is 2. The van der Waals surface area contributed by atoms with Gasteiger partial charge in [-0.25, -0.2) is 9.59 Å². The summed E-state index contributed by atoms with van der Waals surface area (Å²) in [5.41, 5.74) is 15.0. The van der Waals surface area contributed by atoms with Crippen molar-refractivity contribution in [2.24, 2.45) is 5.92 Å². The minimum atomic E-state index is -0.445. The van der Waals surface area contributed by atoms with Gasteiger partial charge in [0.15, 0.2) is 0 Å². The lowest BCUT2D eigenvalue weighted by molar-refractivity contribution is -0.138. The molecule has 1 saturated carbocycles. The number of anilines is 2.